The predicted molar refractivity (Wildman–Crippen MR) is 109 cm³/mol. The number of nitrogens with zero attached hydrogens (tertiary/aromatic N) is 2. The van der Waals surface area contributed by atoms with Gasteiger partial charge in [0.1, 0.15) is 0 Å². The molecular formula is C17H34N4O3S2. The molecule has 0 saturated carbocycles. The largest absolute Gasteiger partial charge is 0.377 e. The van der Waals surface area contributed by atoms with E-state index in [9.17, 15) is 8.42 Å². The van der Waals surface area contributed by atoms with E-state index in [2.05, 4.69) is 26.9 Å². The van der Waals surface area contributed by atoms with Crippen molar-refractivity contribution in [1.29, 1.82) is 0 Å². The third-order valence-electron chi connectivity index (χ3n) is 4.66. The average Bonchev–Trinajstić information content (AvgIpc) is 2.66. The molecule has 9 heteroatoms. The second kappa shape index (κ2) is 11.4. The zero-order valence-corrected chi connectivity index (χ0v) is 17.7. The maximum absolute atomic E-state index is 12.2. The van der Waals surface area contributed by atoms with Crippen molar-refractivity contribution in [3.8, 4) is 0 Å². The van der Waals surface area contributed by atoms with E-state index in [4.69, 9.17) is 4.74 Å². The Kier molecular flexibility index (Phi) is 9.52. The van der Waals surface area contributed by atoms with Gasteiger partial charge in [0.2, 0.25) is 10.0 Å². The van der Waals surface area contributed by atoms with Gasteiger partial charge in [0, 0.05) is 43.8 Å². The van der Waals surface area contributed by atoms with Crippen molar-refractivity contribution in [3.05, 3.63) is 0 Å². The van der Waals surface area contributed by atoms with Crippen molar-refractivity contribution in [3.63, 3.8) is 0 Å². The smallest absolute Gasteiger partial charge is 0.213 e. The fourth-order valence-electron chi connectivity index (χ4n) is 3.12. The number of hydrogen-bond donors (Lipinski definition) is 2. The first-order valence-electron chi connectivity index (χ1n) is 9.78. The van der Waals surface area contributed by atoms with Gasteiger partial charge in [-0.25, -0.2) is 13.1 Å². The molecule has 0 aromatic heterocycles. The van der Waals surface area contributed by atoms with E-state index < -0.39 is 10.0 Å². The van der Waals surface area contributed by atoms with E-state index in [1.54, 1.807) is 0 Å². The summed E-state index contributed by atoms with van der Waals surface area (Å²) in [4.78, 5) is 6.81. The summed E-state index contributed by atoms with van der Waals surface area (Å²) in [6, 6.07) is 0. The van der Waals surface area contributed by atoms with Crippen LogP contribution in [0.15, 0.2) is 4.99 Å². The van der Waals surface area contributed by atoms with Gasteiger partial charge in [-0.1, -0.05) is 6.92 Å². The number of nitrogens with one attached hydrogen (secondary N) is 2. The molecular weight excluding hydrogens is 372 g/mol. The molecule has 2 fully saturated rings. The van der Waals surface area contributed by atoms with Crippen molar-refractivity contribution in [2.45, 2.75) is 50.9 Å². The predicted octanol–water partition coefficient (Wildman–Crippen LogP) is 1.27. The van der Waals surface area contributed by atoms with Crippen LogP contribution < -0.4 is 10.0 Å². The van der Waals surface area contributed by atoms with Gasteiger partial charge in [-0.05, 0) is 32.6 Å². The van der Waals surface area contributed by atoms with Gasteiger partial charge >= 0.3 is 0 Å². The lowest BCUT2D eigenvalue weighted by molar-refractivity contribution is 0.0200. The van der Waals surface area contributed by atoms with Gasteiger partial charge in [-0.3, -0.25) is 4.99 Å². The van der Waals surface area contributed by atoms with E-state index in [0.717, 1.165) is 63.6 Å². The van der Waals surface area contributed by atoms with Gasteiger partial charge in [-0.2, -0.15) is 11.8 Å². The van der Waals surface area contributed by atoms with Crippen molar-refractivity contribution >= 4 is 27.7 Å². The summed E-state index contributed by atoms with van der Waals surface area (Å²) < 4.78 is 32.7. The number of ether oxygens (including phenoxy) is 1. The van der Waals surface area contributed by atoms with Gasteiger partial charge in [-0.15, -0.1) is 0 Å². The summed E-state index contributed by atoms with van der Waals surface area (Å²) in [5.74, 6) is 1.93. The van der Waals surface area contributed by atoms with Crippen LogP contribution in [-0.2, 0) is 14.8 Å². The highest BCUT2D eigenvalue weighted by Crippen LogP contribution is 2.21. The second-order valence-corrected chi connectivity index (χ2v) is 10.1. The maximum Gasteiger partial charge on any atom is 0.213 e. The van der Waals surface area contributed by atoms with Gasteiger partial charge in [0.05, 0.1) is 18.4 Å². The first-order chi connectivity index (χ1) is 12.5. The SMILES string of the molecule is CCNC(=NCCS(=O)(=O)NCC1CCCCO1)N1CCSC(CC)C1. The molecule has 152 valence electrons. The number of thioether (sulfide) groups is 1. The van der Waals surface area contributed by atoms with Crippen LogP contribution in [0.1, 0.15) is 39.5 Å². The molecule has 2 heterocycles. The van der Waals surface area contributed by atoms with Crippen LogP contribution in [-0.4, -0.2) is 81.5 Å². The second-order valence-electron chi connectivity index (χ2n) is 6.74. The lowest BCUT2D eigenvalue weighted by Gasteiger charge is -2.34. The van der Waals surface area contributed by atoms with Crippen LogP contribution in [0.25, 0.3) is 0 Å². The monoisotopic (exact) mass is 406 g/mol. The summed E-state index contributed by atoms with van der Waals surface area (Å²) in [7, 11) is -3.33. The Morgan fingerprint density at radius 2 is 2.19 bits per heavy atom. The van der Waals surface area contributed by atoms with Crippen LogP contribution in [0.2, 0.25) is 0 Å². The summed E-state index contributed by atoms with van der Waals surface area (Å²) in [6.45, 7) is 8.32. The minimum Gasteiger partial charge on any atom is -0.377 e. The maximum atomic E-state index is 12.2. The molecule has 0 amide bonds. The fraction of sp³-hybridized carbons (Fsp3) is 0.941. The molecule has 0 radical (unpaired) electrons. The Balaban J connectivity index is 1.81. The highest BCUT2D eigenvalue weighted by atomic mass is 32.2. The molecule has 0 spiro atoms. The Hall–Kier alpha value is -0.510. The molecule has 2 unspecified atom stereocenters. The Bertz CT molecular complexity index is 536. The molecule has 0 aliphatic carbocycles. The van der Waals surface area contributed by atoms with Gasteiger partial charge < -0.3 is 15.0 Å². The van der Waals surface area contributed by atoms with E-state index >= 15 is 0 Å². The number of guanidine groups is 1. The third-order valence-corrected chi connectivity index (χ3v) is 7.35. The van der Waals surface area contributed by atoms with Crippen LogP contribution in [0, 0.1) is 0 Å². The van der Waals surface area contributed by atoms with E-state index in [-0.39, 0.29) is 18.4 Å². The van der Waals surface area contributed by atoms with Crippen LogP contribution in [0.5, 0.6) is 0 Å². The third kappa shape index (κ3) is 7.62. The minimum absolute atomic E-state index is 0.00834. The normalized spacial score (nSPS) is 25.3. The Labute approximate surface area is 162 Å². The number of rotatable bonds is 8. The topological polar surface area (TPSA) is 83.0 Å². The molecule has 7 nitrogen and oxygen atoms in total. The molecule has 0 bridgehead atoms. The van der Waals surface area contributed by atoms with Crippen LogP contribution in [0.4, 0.5) is 0 Å². The molecule has 26 heavy (non-hydrogen) atoms. The molecule has 2 aliphatic heterocycles. The summed E-state index contributed by atoms with van der Waals surface area (Å²) in [5, 5.41) is 3.92. The van der Waals surface area contributed by atoms with E-state index in [1.165, 1.54) is 0 Å². The quantitative estimate of drug-likeness (QED) is 0.467. The van der Waals surface area contributed by atoms with Crippen LogP contribution >= 0.6 is 11.8 Å². The van der Waals surface area contributed by atoms with Gasteiger partial charge in [0.25, 0.3) is 0 Å². The first kappa shape index (κ1) is 21.8. The molecule has 2 aliphatic rings. The molecule has 2 atom stereocenters. The number of hydrogen-bond acceptors (Lipinski definition) is 5. The standard InChI is InChI=1S/C17H34N4O3S2/c1-3-16-14-21(9-11-25-16)17(18-4-2)19-8-12-26(22,23)20-13-15-7-5-6-10-24-15/h15-16,20H,3-14H2,1-2H3,(H,18,19). The van der Waals surface area contributed by atoms with Crippen molar-refractivity contribution in [2.75, 3.05) is 50.8 Å². The highest BCUT2D eigenvalue weighted by Gasteiger charge is 2.22. The number of aliphatic imine (C=N–C) groups is 1. The van der Waals surface area contributed by atoms with Crippen molar-refractivity contribution in [2.24, 2.45) is 4.99 Å². The fourth-order valence-corrected chi connectivity index (χ4v) is 5.21. The Morgan fingerprint density at radius 3 is 2.88 bits per heavy atom. The minimum atomic E-state index is -3.33. The van der Waals surface area contributed by atoms with E-state index in [0.29, 0.717) is 11.8 Å². The molecule has 0 aromatic rings. The van der Waals surface area contributed by atoms with Crippen molar-refractivity contribution in [1.82, 2.24) is 14.9 Å². The van der Waals surface area contributed by atoms with Gasteiger partial charge in [0.15, 0.2) is 5.96 Å². The summed E-state index contributed by atoms with van der Waals surface area (Å²) in [5.41, 5.74) is 0. The number of sulfonamides is 1. The zero-order valence-electron chi connectivity index (χ0n) is 16.1. The lowest BCUT2D eigenvalue weighted by atomic mass is 10.1. The average molecular weight is 407 g/mol. The lowest BCUT2D eigenvalue weighted by Crippen LogP contribution is -2.48. The Morgan fingerprint density at radius 1 is 1.35 bits per heavy atom. The molecule has 2 N–H and O–H groups in total. The molecule has 2 saturated heterocycles. The first-order valence-corrected chi connectivity index (χ1v) is 12.5. The van der Waals surface area contributed by atoms with Crippen LogP contribution in [0.3, 0.4) is 0 Å². The summed E-state index contributed by atoms with van der Waals surface area (Å²) >= 11 is 2.01. The zero-order chi connectivity index (χ0) is 18.8. The summed E-state index contributed by atoms with van der Waals surface area (Å²) in [6.07, 6.45) is 4.25. The van der Waals surface area contributed by atoms with E-state index in [1.807, 2.05) is 18.7 Å². The molecule has 2 rings (SSSR count). The molecule has 0 aromatic carbocycles. The highest BCUT2D eigenvalue weighted by molar-refractivity contribution is 8.00. The van der Waals surface area contributed by atoms with Crippen molar-refractivity contribution < 1.29 is 13.2 Å².